The van der Waals surface area contributed by atoms with E-state index in [9.17, 15) is 4.79 Å². The lowest BCUT2D eigenvalue weighted by molar-refractivity contribution is 0.101. The maximum atomic E-state index is 11.0. The average Bonchev–Trinajstić information content (AvgIpc) is 1.96. The van der Waals surface area contributed by atoms with Crippen LogP contribution in [0.1, 0.15) is 17.3 Å². The molecule has 0 radical (unpaired) electrons. The number of carbonyl (C=O) groups excluding carboxylic acids is 1. The van der Waals surface area contributed by atoms with Gasteiger partial charge in [0.1, 0.15) is 0 Å². The zero-order valence-corrected chi connectivity index (χ0v) is 9.29. The van der Waals surface area contributed by atoms with E-state index in [0.717, 1.165) is 0 Å². The first kappa shape index (κ1) is 10.0. The molecule has 0 heterocycles. The number of Topliss-reactive ketones (excluding diaryl/α,β-unsaturated/α-hetero) is 1. The predicted molar refractivity (Wildman–Crippen MR) is 54.2 cm³/mol. The Kier molecular flexibility index (Phi) is 3.16. The van der Waals surface area contributed by atoms with Crippen LogP contribution in [-0.4, -0.2) is 5.78 Å². The largest absolute Gasteiger partial charge is 0.294 e. The first-order chi connectivity index (χ1) is 5.52. The van der Waals surface area contributed by atoms with Crippen molar-refractivity contribution < 1.29 is 4.79 Å². The molecule has 0 saturated carbocycles. The number of ketones is 1. The fraction of sp³-hybridized carbons (Fsp3) is 0.125. The maximum Gasteiger partial charge on any atom is 0.161 e. The minimum atomic E-state index is -0.0885. The molecule has 0 aliphatic rings. The second-order valence-electron chi connectivity index (χ2n) is 2.30. The Hall–Kier alpha value is -0.0500. The minimum Gasteiger partial charge on any atom is -0.294 e. The summed E-state index contributed by atoms with van der Waals surface area (Å²) in [4.78, 5) is 11.0. The highest BCUT2D eigenvalue weighted by Crippen LogP contribution is 2.29. The highest BCUT2D eigenvalue weighted by Gasteiger charge is 2.08. The molecule has 0 amide bonds. The molecule has 0 saturated heterocycles. The van der Waals surface area contributed by atoms with Crippen LogP contribution in [0.5, 0.6) is 0 Å². The SMILES string of the molecule is CC(=O)c1cc(Cl)c(Br)cc1Cl. The monoisotopic (exact) mass is 266 g/mol. The van der Waals surface area contributed by atoms with E-state index < -0.39 is 0 Å². The Bertz CT molecular complexity index is 336. The minimum absolute atomic E-state index is 0.0885. The van der Waals surface area contributed by atoms with Crippen LogP contribution in [0.2, 0.25) is 10.0 Å². The van der Waals surface area contributed by atoms with Crippen molar-refractivity contribution in [3.05, 3.63) is 32.2 Å². The fourth-order valence-electron chi connectivity index (χ4n) is 0.792. The molecule has 0 fully saturated rings. The van der Waals surface area contributed by atoms with Crippen LogP contribution in [0.25, 0.3) is 0 Å². The second-order valence-corrected chi connectivity index (χ2v) is 3.97. The number of carbonyl (C=O) groups is 1. The molecule has 0 atom stereocenters. The van der Waals surface area contributed by atoms with E-state index in [1.165, 1.54) is 6.92 Å². The van der Waals surface area contributed by atoms with Crippen LogP contribution >= 0.6 is 39.1 Å². The molecule has 0 aromatic heterocycles. The third-order valence-electron chi connectivity index (χ3n) is 1.39. The molecule has 1 aromatic carbocycles. The van der Waals surface area contributed by atoms with Crippen LogP contribution in [0.3, 0.4) is 0 Å². The zero-order valence-electron chi connectivity index (χ0n) is 6.20. The van der Waals surface area contributed by atoms with Gasteiger partial charge in [0.15, 0.2) is 5.78 Å². The van der Waals surface area contributed by atoms with E-state index in [1.54, 1.807) is 12.1 Å². The average molecular weight is 268 g/mol. The van der Waals surface area contributed by atoms with Crippen molar-refractivity contribution in [1.29, 1.82) is 0 Å². The third kappa shape index (κ3) is 2.00. The predicted octanol–water partition coefficient (Wildman–Crippen LogP) is 3.96. The van der Waals surface area contributed by atoms with E-state index in [4.69, 9.17) is 23.2 Å². The summed E-state index contributed by atoms with van der Waals surface area (Å²) in [5, 5.41) is 0.906. The summed E-state index contributed by atoms with van der Waals surface area (Å²) in [5.41, 5.74) is 0.449. The van der Waals surface area contributed by atoms with Crippen molar-refractivity contribution >= 4 is 44.9 Å². The van der Waals surface area contributed by atoms with Gasteiger partial charge < -0.3 is 0 Å². The first-order valence-corrected chi connectivity index (χ1v) is 4.72. The Morgan fingerprint density at radius 3 is 2.42 bits per heavy atom. The lowest BCUT2D eigenvalue weighted by atomic mass is 10.1. The Morgan fingerprint density at radius 1 is 1.33 bits per heavy atom. The Balaban J connectivity index is 3.33. The van der Waals surface area contributed by atoms with Gasteiger partial charge in [0.25, 0.3) is 0 Å². The van der Waals surface area contributed by atoms with Gasteiger partial charge in [-0.3, -0.25) is 4.79 Å². The normalized spacial score (nSPS) is 10.0. The van der Waals surface area contributed by atoms with Gasteiger partial charge in [-0.2, -0.15) is 0 Å². The lowest BCUT2D eigenvalue weighted by Crippen LogP contribution is -1.93. The molecular weight excluding hydrogens is 263 g/mol. The fourth-order valence-corrected chi connectivity index (χ4v) is 1.73. The summed E-state index contributed by atoms with van der Waals surface area (Å²) >= 11 is 14.8. The molecule has 0 spiro atoms. The Labute approximate surface area is 88.8 Å². The summed E-state index contributed by atoms with van der Waals surface area (Å²) in [7, 11) is 0. The van der Waals surface area contributed by atoms with Gasteiger partial charge in [-0.15, -0.1) is 0 Å². The van der Waals surface area contributed by atoms with Crippen LogP contribution in [0.4, 0.5) is 0 Å². The van der Waals surface area contributed by atoms with Crippen molar-refractivity contribution in [2.75, 3.05) is 0 Å². The summed E-state index contributed by atoms with van der Waals surface area (Å²) in [5.74, 6) is -0.0885. The molecule has 1 aromatic rings. The van der Waals surface area contributed by atoms with E-state index in [2.05, 4.69) is 15.9 Å². The first-order valence-electron chi connectivity index (χ1n) is 3.18. The van der Waals surface area contributed by atoms with Crippen LogP contribution < -0.4 is 0 Å². The molecule has 64 valence electrons. The lowest BCUT2D eigenvalue weighted by Gasteiger charge is -2.01. The van der Waals surface area contributed by atoms with Crippen LogP contribution in [-0.2, 0) is 0 Å². The standard InChI is InChI=1S/C8H5BrCl2O/c1-4(12)5-2-8(11)6(9)3-7(5)10/h2-3H,1H3. The maximum absolute atomic E-state index is 11.0. The smallest absolute Gasteiger partial charge is 0.161 e. The van der Waals surface area contributed by atoms with Gasteiger partial charge in [-0.25, -0.2) is 0 Å². The number of hydrogen-bond acceptors (Lipinski definition) is 1. The highest BCUT2D eigenvalue weighted by atomic mass is 79.9. The molecule has 4 heteroatoms. The van der Waals surface area contributed by atoms with Gasteiger partial charge in [0.05, 0.1) is 10.0 Å². The highest BCUT2D eigenvalue weighted by molar-refractivity contribution is 9.10. The van der Waals surface area contributed by atoms with Crippen molar-refractivity contribution in [2.24, 2.45) is 0 Å². The third-order valence-corrected chi connectivity index (χ3v) is 2.90. The van der Waals surface area contributed by atoms with E-state index in [-0.39, 0.29) is 5.78 Å². The number of benzene rings is 1. The number of rotatable bonds is 1. The second kappa shape index (κ2) is 3.77. The van der Waals surface area contributed by atoms with Gasteiger partial charge >= 0.3 is 0 Å². The summed E-state index contributed by atoms with van der Waals surface area (Å²) in [6.07, 6.45) is 0. The van der Waals surface area contributed by atoms with E-state index in [1.807, 2.05) is 0 Å². The molecule has 0 unspecified atom stereocenters. The van der Waals surface area contributed by atoms with E-state index >= 15 is 0 Å². The molecule has 0 aliphatic heterocycles. The van der Waals surface area contributed by atoms with Gasteiger partial charge in [-0.1, -0.05) is 23.2 Å². The van der Waals surface area contributed by atoms with Gasteiger partial charge in [0, 0.05) is 10.0 Å². The van der Waals surface area contributed by atoms with Crippen LogP contribution in [0.15, 0.2) is 16.6 Å². The molecule has 12 heavy (non-hydrogen) atoms. The van der Waals surface area contributed by atoms with Crippen molar-refractivity contribution in [3.8, 4) is 0 Å². The molecule has 0 aliphatic carbocycles. The summed E-state index contributed by atoms with van der Waals surface area (Å²) in [6, 6.07) is 3.16. The van der Waals surface area contributed by atoms with Crippen LogP contribution in [0, 0.1) is 0 Å². The molecule has 1 nitrogen and oxygen atoms in total. The zero-order chi connectivity index (χ0) is 9.30. The number of halogens is 3. The Morgan fingerprint density at radius 2 is 1.92 bits per heavy atom. The van der Waals surface area contributed by atoms with Crippen molar-refractivity contribution in [2.45, 2.75) is 6.92 Å². The molecule has 0 N–H and O–H groups in total. The molecular formula is C8H5BrCl2O. The van der Waals surface area contributed by atoms with E-state index in [0.29, 0.717) is 20.1 Å². The van der Waals surface area contributed by atoms with Crippen molar-refractivity contribution in [1.82, 2.24) is 0 Å². The van der Waals surface area contributed by atoms with Gasteiger partial charge in [-0.05, 0) is 35.0 Å². The molecule has 0 bridgehead atoms. The molecule has 1 rings (SSSR count). The summed E-state index contributed by atoms with van der Waals surface area (Å²) in [6.45, 7) is 1.45. The van der Waals surface area contributed by atoms with Crippen molar-refractivity contribution in [3.63, 3.8) is 0 Å². The summed E-state index contributed by atoms with van der Waals surface area (Å²) < 4.78 is 0.694. The topological polar surface area (TPSA) is 17.1 Å². The number of hydrogen-bond donors (Lipinski definition) is 0. The quantitative estimate of drug-likeness (QED) is 0.556. The van der Waals surface area contributed by atoms with Gasteiger partial charge in [0.2, 0.25) is 0 Å².